The van der Waals surface area contributed by atoms with Gasteiger partial charge in [-0.25, -0.2) is 4.79 Å². The maximum Gasteiger partial charge on any atom is 0.332 e. The number of benzene rings is 2. The molecule has 0 bridgehead atoms. The molecule has 8 heteroatoms. The lowest BCUT2D eigenvalue weighted by molar-refractivity contribution is 0.0973. The van der Waals surface area contributed by atoms with Gasteiger partial charge >= 0.3 is 5.69 Å². The lowest BCUT2D eigenvalue weighted by Crippen LogP contribution is -2.37. The highest BCUT2D eigenvalue weighted by Gasteiger charge is 2.23. The molecule has 4 rings (SSSR count). The molecule has 2 aromatic heterocycles. The molecule has 0 amide bonds. The molecule has 4 aromatic rings. The average molecular weight is 417 g/mol. The molecule has 8 nitrogen and oxygen atoms in total. The van der Waals surface area contributed by atoms with Crippen molar-refractivity contribution in [1.29, 1.82) is 0 Å². The van der Waals surface area contributed by atoms with Crippen LogP contribution >= 0.6 is 0 Å². The van der Waals surface area contributed by atoms with Crippen LogP contribution in [0.3, 0.4) is 0 Å². The number of rotatable bonds is 6. The van der Waals surface area contributed by atoms with Crippen LogP contribution in [0.5, 0.6) is 0 Å². The molecule has 0 atom stereocenters. The first kappa shape index (κ1) is 20.3. The zero-order valence-corrected chi connectivity index (χ0v) is 17.6. The van der Waals surface area contributed by atoms with Crippen LogP contribution in [0.2, 0.25) is 0 Å². The summed E-state index contributed by atoms with van der Waals surface area (Å²) in [7, 11) is 4.84. The predicted octanol–water partition coefficient (Wildman–Crippen LogP) is 1.95. The topological polar surface area (TPSA) is 82.1 Å². The van der Waals surface area contributed by atoms with Crippen molar-refractivity contribution < 1.29 is 4.79 Å². The fourth-order valence-electron chi connectivity index (χ4n) is 3.66. The Morgan fingerprint density at radius 1 is 0.935 bits per heavy atom. The second-order valence-electron chi connectivity index (χ2n) is 7.51. The molecule has 2 heterocycles. The molecular formula is C23H23N5O3. The number of carbonyl (C=O) groups excluding carboxylic acids is 1. The number of hydrogen-bond acceptors (Lipinski definition) is 5. The maximum absolute atomic E-state index is 13.0. The number of aryl methyl sites for hydroxylation is 1. The number of Topliss-reactive ketones (excluding diaryl/α,β-unsaturated/α-hetero) is 1. The smallest absolute Gasteiger partial charge is 0.332 e. The van der Waals surface area contributed by atoms with Crippen molar-refractivity contribution >= 4 is 22.9 Å². The lowest BCUT2D eigenvalue weighted by atomic mass is 10.1. The summed E-state index contributed by atoms with van der Waals surface area (Å²) >= 11 is 0. The summed E-state index contributed by atoms with van der Waals surface area (Å²) in [5.41, 5.74) is 1.13. The number of anilines is 1. The Kier molecular flexibility index (Phi) is 5.29. The van der Waals surface area contributed by atoms with Gasteiger partial charge in [0, 0.05) is 33.3 Å². The van der Waals surface area contributed by atoms with E-state index in [1.807, 2.05) is 48.3 Å². The molecule has 0 saturated heterocycles. The SMILES string of the molecule is CN(Cc1ccccc1)c1nc2c(c(=O)n(C)c(=O)n2C)n1CC(=O)c1ccccc1. The van der Waals surface area contributed by atoms with Crippen LogP contribution in [0.4, 0.5) is 5.95 Å². The van der Waals surface area contributed by atoms with Crippen LogP contribution < -0.4 is 16.1 Å². The van der Waals surface area contributed by atoms with Gasteiger partial charge in [0.25, 0.3) is 5.56 Å². The minimum absolute atomic E-state index is 0.0670. The van der Waals surface area contributed by atoms with Crippen molar-refractivity contribution in [3.05, 3.63) is 92.6 Å². The van der Waals surface area contributed by atoms with E-state index in [0.717, 1.165) is 10.1 Å². The fourth-order valence-corrected chi connectivity index (χ4v) is 3.66. The number of imidazole rings is 1. The number of ketones is 1. The van der Waals surface area contributed by atoms with E-state index < -0.39 is 11.2 Å². The molecular weight excluding hydrogens is 394 g/mol. The summed E-state index contributed by atoms with van der Waals surface area (Å²) in [6.07, 6.45) is 0. The van der Waals surface area contributed by atoms with Crippen LogP contribution in [0, 0.1) is 0 Å². The summed E-state index contributed by atoms with van der Waals surface area (Å²) < 4.78 is 3.98. The number of hydrogen-bond donors (Lipinski definition) is 0. The largest absolute Gasteiger partial charge is 0.341 e. The molecule has 0 spiro atoms. The van der Waals surface area contributed by atoms with Crippen molar-refractivity contribution in [2.45, 2.75) is 13.1 Å². The lowest BCUT2D eigenvalue weighted by Gasteiger charge is -2.19. The second-order valence-corrected chi connectivity index (χ2v) is 7.51. The van der Waals surface area contributed by atoms with Crippen molar-refractivity contribution in [2.75, 3.05) is 11.9 Å². The van der Waals surface area contributed by atoms with Gasteiger partial charge < -0.3 is 4.90 Å². The molecule has 0 fully saturated rings. The van der Waals surface area contributed by atoms with Crippen LogP contribution in [0.1, 0.15) is 15.9 Å². The molecule has 0 saturated carbocycles. The van der Waals surface area contributed by atoms with E-state index in [1.165, 1.54) is 11.6 Å². The molecule has 0 N–H and O–H groups in total. The number of fused-ring (bicyclic) bond motifs is 1. The molecule has 158 valence electrons. The van der Waals surface area contributed by atoms with E-state index in [4.69, 9.17) is 0 Å². The van der Waals surface area contributed by atoms with Gasteiger partial charge in [-0.2, -0.15) is 4.98 Å². The molecule has 2 aromatic carbocycles. The molecule has 0 aliphatic carbocycles. The second kappa shape index (κ2) is 8.06. The third kappa shape index (κ3) is 3.68. The van der Waals surface area contributed by atoms with Gasteiger partial charge in [0.05, 0.1) is 6.54 Å². The quantitative estimate of drug-likeness (QED) is 0.448. The van der Waals surface area contributed by atoms with Crippen molar-refractivity contribution in [1.82, 2.24) is 18.7 Å². The Morgan fingerprint density at radius 3 is 2.19 bits per heavy atom. The third-order valence-corrected chi connectivity index (χ3v) is 5.33. The van der Waals surface area contributed by atoms with Crippen molar-refractivity contribution in [3.8, 4) is 0 Å². The number of aromatic nitrogens is 4. The Labute approximate surface area is 178 Å². The summed E-state index contributed by atoms with van der Waals surface area (Å²) in [5.74, 6) is 0.298. The Balaban J connectivity index is 1.88. The fraction of sp³-hybridized carbons (Fsp3) is 0.217. The standard InChI is InChI=1S/C23H23N5O3/c1-25(14-16-10-6-4-7-11-16)22-24-20-19(21(30)27(3)23(31)26(20)2)28(22)15-18(29)17-12-8-5-9-13-17/h4-13H,14-15H2,1-3H3. The zero-order chi connectivity index (χ0) is 22.1. The third-order valence-electron chi connectivity index (χ3n) is 5.33. The summed E-state index contributed by atoms with van der Waals surface area (Å²) in [6, 6.07) is 18.7. The zero-order valence-electron chi connectivity index (χ0n) is 17.6. The highest BCUT2D eigenvalue weighted by molar-refractivity contribution is 5.96. The molecule has 0 radical (unpaired) electrons. The van der Waals surface area contributed by atoms with Gasteiger partial charge in [0.2, 0.25) is 5.95 Å². The van der Waals surface area contributed by atoms with E-state index in [1.54, 1.807) is 35.9 Å². The Bertz CT molecular complexity index is 1370. The number of nitrogens with zero attached hydrogens (tertiary/aromatic N) is 5. The normalized spacial score (nSPS) is 11.1. The minimum atomic E-state index is -0.481. The number of carbonyl (C=O) groups is 1. The van der Waals surface area contributed by atoms with Crippen LogP contribution in [-0.4, -0.2) is 31.5 Å². The Morgan fingerprint density at radius 2 is 1.55 bits per heavy atom. The van der Waals surface area contributed by atoms with E-state index in [-0.39, 0.29) is 23.5 Å². The van der Waals surface area contributed by atoms with Gasteiger partial charge in [-0.1, -0.05) is 60.7 Å². The van der Waals surface area contributed by atoms with Gasteiger partial charge in [-0.15, -0.1) is 0 Å². The minimum Gasteiger partial charge on any atom is -0.341 e. The van der Waals surface area contributed by atoms with Crippen LogP contribution in [-0.2, 0) is 27.2 Å². The van der Waals surface area contributed by atoms with Gasteiger partial charge in [-0.3, -0.25) is 23.3 Å². The first-order valence-corrected chi connectivity index (χ1v) is 9.88. The van der Waals surface area contributed by atoms with E-state index in [9.17, 15) is 14.4 Å². The molecule has 31 heavy (non-hydrogen) atoms. The predicted molar refractivity (Wildman–Crippen MR) is 120 cm³/mol. The average Bonchev–Trinajstić information content (AvgIpc) is 3.17. The maximum atomic E-state index is 13.0. The summed E-state index contributed by atoms with van der Waals surface area (Å²) in [5, 5.41) is 0. The molecule has 0 unspecified atom stereocenters. The van der Waals surface area contributed by atoms with Gasteiger partial charge in [0.1, 0.15) is 0 Å². The monoisotopic (exact) mass is 417 g/mol. The highest BCUT2D eigenvalue weighted by Crippen LogP contribution is 2.21. The highest BCUT2D eigenvalue weighted by atomic mass is 16.2. The van der Waals surface area contributed by atoms with Gasteiger partial charge in [-0.05, 0) is 5.56 Å². The summed E-state index contributed by atoms with van der Waals surface area (Å²) in [4.78, 5) is 44.9. The summed E-state index contributed by atoms with van der Waals surface area (Å²) in [6.45, 7) is 0.459. The molecule has 0 aliphatic rings. The first-order valence-electron chi connectivity index (χ1n) is 9.88. The van der Waals surface area contributed by atoms with Gasteiger partial charge in [0.15, 0.2) is 16.9 Å². The van der Waals surface area contributed by atoms with Crippen LogP contribution in [0.15, 0.2) is 70.3 Å². The van der Waals surface area contributed by atoms with Crippen molar-refractivity contribution in [3.63, 3.8) is 0 Å². The Hall–Kier alpha value is -3.94. The van der Waals surface area contributed by atoms with E-state index in [2.05, 4.69) is 4.98 Å². The molecule has 0 aliphatic heterocycles. The van der Waals surface area contributed by atoms with E-state index in [0.29, 0.717) is 18.1 Å². The van der Waals surface area contributed by atoms with E-state index >= 15 is 0 Å². The first-order chi connectivity index (χ1) is 14.9. The van der Waals surface area contributed by atoms with Crippen LogP contribution in [0.25, 0.3) is 11.2 Å². The van der Waals surface area contributed by atoms with Crippen molar-refractivity contribution in [2.24, 2.45) is 14.1 Å².